The molecule has 0 aliphatic carbocycles. The van der Waals surface area contributed by atoms with Gasteiger partial charge in [-0.15, -0.1) is 0 Å². The zero-order valence-electron chi connectivity index (χ0n) is 10.9. The van der Waals surface area contributed by atoms with E-state index in [0.717, 1.165) is 25.3 Å². The first kappa shape index (κ1) is 15.5. The minimum Gasteiger partial charge on any atom is -0.396 e. The number of hydrogen-bond donors (Lipinski definition) is 1. The number of carbonyl (C=O) groups is 1. The van der Waals surface area contributed by atoms with E-state index in [4.69, 9.17) is 28.3 Å². The topological polar surface area (TPSA) is 40.5 Å². The molecule has 1 unspecified atom stereocenters. The maximum absolute atomic E-state index is 13.5. The maximum atomic E-state index is 13.5. The number of aliphatic hydroxyl groups excluding tert-OH is 1. The summed E-state index contributed by atoms with van der Waals surface area (Å²) in [4.78, 5) is 14.2. The van der Waals surface area contributed by atoms with Crippen molar-refractivity contribution in [3.05, 3.63) is 33.6 Å². The smallest absolute Gasteiger partial charge is 0.255 e. The molecule has 1 aromatic rings. The fourth-order valence-electron chi connectivity index (χ4n) is 2.57. The van der Waals surface area contributed by atoms with Crippen LogP contribution in [0.2, 0.25) is 10.0 Å². The van der Waals surface area contributed by atoms with Crippen molar-refractivity contribution in [3.8, 4) is 0 Å². The van der Waals surface area contributed by atoms with Gasteiger partial charge in [0.15, 0.2) is 0 Å². The summed E-state index contributed by atoms with van der Waals surface area (Å²) < 4.78 is 13.5. The molecule has 0 radical (unpaired) electrons. The van der Waals surface area contributed by atoms with Crippen LogP contribution in [0.15, 0.2) is 12.1 Å². The van der Waals surface area contributed by atoms with E-state index in [9.17, 15) is 9.18 Å². The van der Waals surface area contributed by atoms with Gasteiger partial charge in [-0.2, -0.15) is 0 Å². The lowest BCUT2D eigenvalue weighted by Crippen LogP contribution is -2.35. The highest BCUT2D eigenvalue weighted by Gasteiger charge is 2.30. The molecule has 1 atom stereocenters. The molecule has 2 rings (SSSR count). The van der Waals surface area contributed by atoms with Crippen LogP contribution in [0.1, 0.15) is 36.0 Å². The molecule has 1 N–H and O–H groups in total. The third kappa shape index (κ3) is 3.25. The normalized spacial score (nSPS) is 18.6. The molecular weight excluding hydrogens is 304 g/mol. The fraction of sp³-hybridized carbons (Fsp3) is 0.500. The van der Waals surface area contributed by atoms with E-state index >= 15 is 0 Å². The van der Waals surface area contributed by atoms with Crippen molar-refractivity contribution in [3.63, 3.8) is 0 Å². The van der Waals surface area contributed by atoms with Gasteiger partial charge in [-0.1, -0.05) is 23.2 Å². The van der Waals surface area contributed by atoms with Gasteiger partial charge >= 0.3 is 0 Å². The minimum atomic E-state index is -0.648. The Morgan fingerprint density at radius 3 is 2.85 bits per heavy atom. The summed E-state index contributed by atoms with van der Waals surface area (Å²) in [5.74, 6) is -0.920. The largest absolute Gasteiger partial charge is 0.396 e. The molecule has 0 bridgehead atoms. The number of amides is 1. The van der Waals surface area contributed by atoms with E-state index in [1.807, 2.05) is 0 Å². The second-order valence-corrected chi connectivity index (χ2v) is 5.72. The predicted octanol–water partition coefficient (Wildman–Crippen LogP) is 3.51. The highest BCUT2D eigenvalue weighted by atomic mass is 35.5. The molecule has 110 valence electrons. The van der Waals surface area contributed by atoms with Crippen molar-refractivity contribution in [1.82, 2.24) is 4.90 Å². The zero-order chi connectivity index (χ0) is 14.7. The van der Waals surface area contributed by atoms with Crippen molar-refractivity contribution in [2.24, 2.45) is 0 Å². The highest BCUT2D eigenvalue weighted by Crippen LogP contribution is 2.29. The van der Waals surface area contributed by atoms with Gasteiger partial charge in [0.2, 0.25) is 0 Å². The SMILES string of the molecule is O=C(c1cc(F)c(Cl)cc1Cl)N1CCCC1CCCO. The van der Waals surface area contributed by atoms with Crippen molar-refractivity contribution in [1.29, 1.82) is 0 Å². The van der Waals surface area contributed by atoms with E-state index in [1.165, 1.54) is 6.07 Å². The number of rotatable bonds is 4. The number of nitrogens with zero attached hydrogens (tertiary/aromatic N) is 1. The lowest BCUT2D eigenvalue weighted by molar-refractivity contribution is 0.0724. The summed E-state index contributed by atoms with van der Waals surface area (Å²) in [5, 5.41) is 8.96. The molecule has 1 amide bonds. The van der Waals surface area contributed by atoms with Crippen LogP contribution in [0, 0.1) is 5.82 Å². The van der Waals surface area contributed by atoms with Gasteiger partial charge in [0.1, 0.15) is 5.82 Å². The molecule has 0 aromatic heterocycles. The first-order valence-corrected chi connectivity index (χ1v) is 7.36. The van der Waals surface area contributed by atoms with Crippen LogP contribution in [-0.4, -0.2) is 35.1 Å². The number of benzene rings is 1. The molecule has 1 aliphatic rings. The zero-order valence-corrected chi connectivity index (χ0v) is 12.4. The number of carbonyl (C=O) groups excluding carboxylic acids is 1. The number of halogens is 3. The molecule has 20 heavy (non-hydrogen) atoms. The Kier molecular flexibility index (Phi) is 5.24. The first-order chi connectivity index (χ1) is 9.54. The van der Waals surface area contributed by atoms with Crippen LogP contribution in [0.3, 0.4) is 0 Å². The van der Waals surface area contributed by atoms with Gasteiger partial charge in [-0.3, -0.25) is 4.79 Å². The lowest BCUT2D eigenvalue weighted by Gasteiger charge is -2.25. The summed E-state index contributed by atoms with van der Waals surface area (Å²) in [6.45, 7) is 0.740. The summed E-state index contributed by atoms with van der Waals surface area (Å²) in [7, 11) is 0. The highest BCUT2D eigenvalue weighted by molar-refractivity contribution is 6.36. The lowest BCUT2D eigenvalue weighted by atomic mass is 10.1. The average Bonchev–Trinajstić information content (AvgIpc) is 2.88. The van der Waals surface area contributed by atoms with Gasteiger partial charge < -0.3 is 10.0 Å². The quantitative estimate of drug-likeness (QED) is 0.863. The third-order valence-corrected chi connectivity index (χ3v) is 4.18. The molecule has 6 heteroatoms. The Morgan fingerprint density at radius 2 is 2.15 bits per heavy atom. The molecule has 1 aliphatic heterocycles. The molecular formula is C14H16Cl2FNO2. The Morgan fingerprint density at radius 1 is 1.40 bits per heavy atom. The molecule has 1 fully saturated rings. The molecule has 1 saturated heterocycles. The number of hydrogen-bond acceptors (Lipinski definition) is 2. The Bertz CT molecular complexity index is 510. The van der Waals surface area contributed by atoms with E-state index < -0.39 is 5.82 Å². The van der Waals surface area contributed by atoms with Crippen LogP contribution in [0.4, 0.5) is 4.39 Å². The Labute approximate surface area is 127 Å². The second kappa shape index (κ2) is 6.74. The van der Waals surface area contributed by atoms with Crippen LogP contribution in [-0.2, 0) is 0 Å². The van der Waals surface area contributed by atoms with Crippen molar-refractivity contribution in [2.75, 3.05) is 13.2 Å². The standard InChI is InChI=1S/C14H16Cl2FNO2/c15-11-8-12(16)13(17)7-10(11)14(20)18-5-1-3-9(18)4-2-6-19/h7-9,19H,1-6H2. The van der Waals surface area contributed by atoms with Gasteiger partial charge in [0, 0.05) is 19.2 Å². The third-order valence-electron chi connectivity index (χ3n) is 3.57. The maximum Gasteiger partial charge on any atom is 0.255 e. The van der Waals surface area contributed by atoms with E-state index in [-0.39, 0.29) is 34.2 Å². The van der Waals surface area contributed by atoms with Crippen molar-refractivity contribution in [2.45, 2.75) is 31.7 Å². The van der Waals surface area contributed by atoms with Crippen LogP contribution >= 0.6 is 23.2 Å². The minimum absolute atomic E-state index is 0.0875. The molecule has 3 nitrogen and oxygen atoms in total. The van der Waals surface area contributed by atoms with Crippen molar-refractivity contribution < 1.29 is 14.3 Å². The monoisotopic (exact) mass is 319 g/mol. The van der Waals surface area contributed by atoms with Crippen LogP contribution in [0.25, 0.3) is 0 Å². The fourth-order valence-corrected chi connectivity index (χ4v) is 3.04. The number of likely N-dealkylation sites (tertiary alicyclic amines) is 1. The first-order valence-electron chi connectivity index (χ1n) is 6.61. The summed E-state index contributed by atoms with van der Waals surface area (Å²) in [6.07, 6.45) is 3.21. The summed E-state index contributed by atoms with van der Waals surface area (Å²) in [5.41, 5.74) is 0.143. The number of aliphatic hydroxyl groups is 1. The van der Waals surface area contributed by atoms with Crippen LogP contribution < -0.4 is 0 Å². The molecule has 1 heterocycles. The molecule has 1 aromatic carbocycles. The Balaban J connectivity index is 2.20. The second-order valence-electron chi connectivity index (χ2n) is 4.91. The van der Waals surface area contributed by atoms with Crippen molar-refractivity contribution >= 4 is 29.1 Å². The summed E-state index contributed by atoms with van der Waals surface area (Å²) >= 11 is 11.6. The van der Waals surface area contributed by atoms with Gasteiger partial charge in [-0.25, -0.2) is 4.39 Å². The Hall–Kier alpha value is -0.840. The predicted molar refractivity (Wildman–Crippen MR) is 76.8 cm³/mol. The van der Waals surface area contributed by atoms with E-state index in [2.05, 4.69) is 0 Å². The van der Waals surface area contributed by atoms with Gasteiger partial charge in [0.05, 0.1) is 15.6 Å². The van der Waals surface area contributed by atoms with E-state index in [1.54, 1.807) is 4.90 Å². The summed E-state index contributed by atoms with van der Waals surface area (Å²) in [6, 6.07) is 2.43. The van der Waals surface area contributed by atoms with Crippen LogP contribution in [0.5, 0.6) is 0 Å². The van der Waals surface area contributed by atoms with Gasteiger partial charge in [-0.05, 0) is 37.8 Å². The molecule has 0 spiro atoms. The van der Waals surface area contributed by atoms with E-state index in [0.29, 0.717) is 13.0 Å². The molecule has 0 saturated carbocycles. The van der Waals surface area contributed by atoms with Gasteiger partial charge in [0.25, 0.3) is 5.91 Å². The average molecular weight is 320 g/mol.